The molecule has 0 spiro atoms. The summed E-state index contributed by atoms with van der Waals surface area (Å²) >= 11 is 0. The molecule has 0 radical (unpaired) electrons. The van der Waals surface area contributed by atoms with Crippen LogP contribution >= 0.6 is 0 Å². The highest BCUT2D eigenvalue weighted by Crippen LogP contribution is 2.62. The van der Waals surface area contributed by atoms with Crippen molar-refractivity contribution >= 4 is 11.1 Å². The molecule has 0 aliphatic heterocycles. The van der Waals surface area contributed by atoms with Gasteiger partial charge in [0.15, 0.2) is 0 Å². The summed E-state index contributed by atoms with van der Waals surface area (Å²) in [6.45, 7) is 11.8. The van der Waals surface area contributed by atoms with Crippen molar-refractivity contribution < 1.29 is 0 Å². The van der Waals surface area contributed by atoms with E-state index in [-0.39, 0.29) is 0 Å². The highest BCUT2D eigenvalue weighted by molar-refractivity contribution is 5.96. The van der Waals surface area contributed by atoms with Crippen LogP contribution in [0.15, 0.2) is 166 Å². The number of fused-ring (bicyclic) bond motifs is 4. The van der Waals surface area contributed by atoms with Crippen LogP contribution in [0.25, 0.3) is 11.1 Å². The molecule has 0 saturated heterocycles. The van der Waals surface area contributed by atoms with Gasteiger partial charge in [0.2, 0.25) is 0 Å². The van der Waals surface area contributed by atoms with Crippen LogP contribution in [0.1, 0.15) is 71.4 Å². The molecule has 0 N–H and O–H groups in total. The molecule has 2 fully saturated rings. The summed E-state index contributed by atoms with van der Waals surface area (Å²) in [6.07, 6.45) is 27.7. The third-order valence-electron chi connectivity index (χ3n) is 13.0. The van der Waals surface area contributed by atoms with Gasteiger partial charge < -0.3 is 0 Å². The lowest BCUT2D eigenvalue weighted by Gasteiger charge is -2.35. The Morgan fingerprint density at radius 2 is 1.39 bits per heavy atom. The second-order valence-corrected chi connectivity index (χ2v) is 16.4. The van der Waals surface area contributed by atoms with Crippen molar-refractivity contribution in [1.82, 2.24) is 0 Å². The molecule has 0 aromatic heterocycles. The molecule has 2 saturated carbocycles. The molecular formula is C49H50. The largest absolute Gasteiger partial charge is 0.0804 e. The standard InChI is InChI=1S/C49H50/c1-29-16-17-32(4)41(22-29)36-18-19-40-33(5)25-37(42(40)27-36)26-39-28-43(34-12-8-6-9-13-34)48-44-23-30(2)20-38-21-31(3)24-45(47(38)44)49(48)46(39)35-14-10-7-11-15-35/h6-15,17-24,27,29,33,37-40,42,47H,16,25-26,28H2,1-5H3. The molecule has 0 nitrogen and oxygen atoms in total. The molecule has 7 aliphatic carbocycles. The Kier molecular flexibility index (Phi) is 7.57. The van der Waals surface area contributed by atoms with Crippen LogP contribution in [0.2, 0.25) is 0 Å². The van der Waals surface area contributed by atoms with Crippen LogP contribution in [0, 0.1) is 47.3 Å². The highest BCUT2D eigenvalue weighted by Gasteiger charge is 2.48. The zero-order chi connectivity index (χ0) is 33.4. The molecule has 246 valence electrons. The number of rotatable bonds is 5. The number of allylic oxidation sites excluding steroid dienone is 20. The van der Waals surface area contributed by atoms with Gasteiger partial charge in [0.1, 0.15) is 0 Å². The summed E-state index contributed by atoms with van der Waals surface area (Å²) in [6, 6.07) is 22.9. The third-order valence-corrected chi connectivity index (χ3v) is 13.0. The summed E-state index contributed by atoms with van der Waals surface area (Å²) in [5.74, 6) is 4.53. The smallest absolute Gasteiger partial charge is 0.0200 e. The lowest BCUT2D eigenvalue weighted by Crippen LogP contribution is -2.22. The number of benzene rings is 2. The van der Waals surface area contributed by atoms with Crippen LogP contribution in [0.4, 0.5) is 0 Å². The first-order valence-electron chi connectivity index (χ1n) is 19.0. The SMILES string of the molecule is CC1=CC2C=C(C)C=C3C4=C(c5ccccc5)C(CC5CC(C)C6C=CC(C7=CC(C)CC=C7C)=CC56)CC(c5ccccc5)=C4C(=C1)C32. The zero-order valence-electron chi connectivity index (χ0n) is 29.9. The summed E-state index contributed by atoms with van der Waals surface area (Å²) in [5.41, 5.74) is 19.4. The van der Waals surface area contributed by atoms with Gasteiger partial charge in [-0.1, -0.05) is 140 Å². The van der Waals surface area contributed by atoms with Gasteiger partial charge >= 0.3 is 0 Å². The van der Waals surface area contributed by atoms with Gasteiger partial charge in [-0.3, -0.25) is 0 Å². The molecule has 0 amide bonds. The first-order valence-corrected chi connectivity index (χ1v) is 19.0. The number of hydrogen-bond acceptors (Lipinski definition) is 0. The molecule has 9 rings (SSSR count). The first-order chi connectivity index (χ1) is 23.8. The molecular weight excluding hydrogens is 589 g/mol. The van der Waals surface area contributed by atoms with E-state index in [9.17, 15) is 0 Å². The molecule has 0 bridgehead atoms. The fraction of sp³-hybridized carbons (Fsp3) is 0.347. The maximum Gasteiger partial charge on any atom is 0.0200 e. The summed E-state index contributed by atoms with van der Waals surface area (Å²) in [7, 11) is 0. The minimum Gasteiger partial charge on any atom is -0.0804 e. The fourth-order valence-electron chi connectivity index (χ4n) is 10.9. The predicted molar refractivity (Wildman–Crippen MR) is 207 cm³/mol. The van der Waals surface area contributed by atoms with E-state index in [2.05, 4.69) is 150 Å². The molecule has 8 atom stereocenters. The minimum atomic E-state index is 0.417. The molecule has 0 heteroatoms. The first kappa shape index (κ1) is 30.9. The maximum atomic E-state index is 2.71. The molecule has 49 heavy (non-hydrogen) atoms. The Hall–Kier alpha value is -4.16. The summed E-state index contributed by atoms with van der Waals surface area (Å²) in [5, 5.41) is 0. The lowest BCUT2D eigenvalue weighted by molar-refractivity contribution is 0.355. The Morgan fingerprint density at radius 3 is 2.10 bits per heavy atom. The van der Waals surface area contributed by atoms with E-state index in [1.54, 1.807) is 33.4 Å². The van der Waals surface area contributed by atoms with Crippen molar-refractivity contribution in [3.8, 4) is 0 Å². The van der Waals surface area contributed by atoms with Crippen molar-refractivity contribution in [3.05, 3.63) is 177 Å². The Labute approximate surface area is 294 Å². The average Bonchev–Trinajstić information content (AvgIpc) is 3.59. The lowest BCUT2D eigenvalue weighted by atomic mass is 9.69. The van der Waals surface area contributed by atoms with Crippen molar-refractivity contribution in [2.24, 2.45) is 47.3 Å². The maximum absolute atomic E-state index is 2.71. The normalized spacial score (nSPS) is 33.0. The van der Waals surface area contributed by atoms with Gasteiger partial charge in [0.05, 0.1) is 0 Å². The van der Waals surface area contributed by atoms with Gasteiger partial charge in [-0.05, 0) is 143 Å². The van der Waals surface area contributed by atoms with E-state index in [0.717, 1.165) is 12.8 Å². The summed E-state index contributed by atoms with van der Waals surface area (Å²) in [4.78, 5) is 0. The van der Waals surface area contributed by atoms with Gasteiger partial charge in [-0.25, -0.2) is 0 Å². The third kappa shape index (κ3) is 5.17. The second-order valence-electron chi connectivity index (χ2n) is 16.4. The van der Waals surface area contributed by atoms with Crippen LogP contribution in [0.3, 0.4) is 0 Å². The van der Waals surface area contributed by atoms with Crippen molar-refractivity contribution in [2.75, 3.05) is 0 Å². The van der Waals surface area contributed by atoms with Gasteiger partial charge in [-0.2, -0.15) is 0 Å². The fourth-order valence-corrected chi connectivity index (χ4v) is 10.9. The Morgan fingerprint density at radius 1 is 0.714 bits per heavy atom. The van der Waals surface area contributed by atoms with Crippen molar-refractivity contribution in [1.29, 1.82) is 0 Å². The van der Waals surface area contributed by atoms with Crippen molar-refractivity contribution in [3.63, 3.8) is 0 Å². The minimum absolute atomic E-state index is 0.417. The van der Waals surface area contributed by atoms with E-state index in [0.29, 0.717) is 47.3 Å². The molecule has 0 heterocycles. The van der Waals surface area contributed by atoms with Gasteiger partial charge in [0, 0.05) is 11.8 Å². The number of hydrogen-bond donors (Lipinski definition) is 0. The monoisotopic (exact) mass is 638 g/mol. The summed E-state index contributed by atoms with van der Waals surface area (Å²) < 4.78 is 0. The molecule has 7 aliphatic rings. The topological polar surface area (TPSA) is 0 Å². The van der Waals surface area contributed by atoms with E-state index >= 15 is 0 Å². The zero-order valence-corrected chi connectivity index (χ0v) is 29.9. The van der Waals surface area contributed by atoms with Crippen LogP contribution in [-0.2, 0) is 0 Å². The Balaban J connectivity index is 1.20. The van der Waals surface area contributed by atoms with E-state index < -0.39 is 0 Å². The van der Waals surface area contributed by atoms with E-state index in [1.807, 2.05) is 0 Å². The molecule has 2 aromatic rings. The van der Waals surface area contributed by atoms with Crippen LogP contribution in [0.5, 0.6) is 0 Å². The van der Waals surface area contributed by atoms with Gasteiger partial charge in [0.25, 0.3) is 0 Å². The van der Waals surface area contributed by atoms with Crippen molar-refractivity contribution in [2.45, 2.75) is 60.3 Å². The van der Waals surface area contributed by atoms with Gasteiger partial charge in [-0.15, -0.1) is 0 Å². The second kappa shape index (κ2) is 12.0. The predicted octanol–water partition coefficient (Wildman–Crippen LogP) is 12.6. The average molecular weight is 639 g/mol. The van der Waals surface area contributed by atoms with E-state index in [4.69, 9.17) is 0 Å². The highest BCUT2D eigenvalue weighted by atomic mass is 14.5. The molecule has 8 unspecified atom stereocenters. The van der Waals surface area contributed by atoms with E-state index in [1.165, 1.54) is 51.8 Å². The molecule has 2 aromatic carbocycles. The van der Waals surface area contributed by atoms with Crippen LogP contribution < -0.4 is 0 Å². The quantitative estimate of drug-likeness (QED) is 0.306. The Bertz CT molecular complexity index is 2020. The van der Waals surface area contributed by atoms with Crippen LogP contribution in [-0.4, -0.2) is 0 Å².